The van der Waals surface area contributed by atoms with Crippen molar-refractivity contribution in [3.8, 4) is 0 Å². The second kappa shape index (κ2) is 19.4. The molecule has 0 amide bonds. The molecule has 0 aliphatic rings. The van der Waals surface area contributed by atoms with E-state index in [2.05, 4.69) is 13.8 Å². The Bertz CT molecular complexity index is 285. The van der Waals surface area contributed by atoms with Crippen LogP contribution in [-0.4, -0.2) is 41.3 Å². The molecule has 4 nitrogen and oxygen atoms in total. The fourth-order valence-electron chi connectivity index (χ4n) is 3.38. The van der Waals surface area contributed by atoms with Gasteiger partial charge in [0.1, 0.15) is 0 Å². The standard InChI is InChI=1S/C22H48O4Si/c1-6-10-11-12-14-17-20-23-22(5)19-16-13-15-18-21-27(24-7-2,25-8-3)26-9-4/h22H,6-21H2,1-5H3. The molecule has 0 rings (SSSR count). The highest BCUT2D eigenvalue weighted by Gasteiger charge is 2.39. The molecule has 0 saturated heterocycles. The Balaban J connectivity index is 3.70. The van der Waals surface area contributed by atoms with Crippen LogP contribution in [-0.2, 0) is 18.0 Å². The van der Waals surface area contributed by atoms with Crippen LogP contribution in [0.15, 0.2) is 0 Å². The minimum atomic E-state index is -2.44. The number of hydrogen-bond donors (Lipinski definition) is 0. The number of unbranched alkanes of at least 4 members (excludes halogenated alkanes) is 8. The molecule has 0 aromatic rings. The van der Waals surface area contributed by atoms with Gasteiger partial charge in [-0.25, -0.2) is 0 Å². The Hall–Kier alpha value is 0.0569. The zero-order chi connectivity index (χ0) is 20.2. The lowest BCUT2D eigenvalue weighted by Gasteiger charge is -2.28. The molecule has 27 heavy (non-hydrogen) atoms. The Kier molecular flexibility index (Phi) is 19.4. The van der Waals surface area contributed by atoms with Gasteiger partial charge in [0.25, 0.3) is 0 Å². The summed E-state index contributed by atoms with van der Waals surface area (Å²) in [6.45, 7) is 13.5. The molecular formula is C22H48O4Si. The molecule has 1 unspecified atom stereocenters. The molecule has 0 aromatic heterocycles. The van der Waals surface area contributed by atoms with Crippen molar-refractivity contribution in [2.24, 2.45) is 0 Å². The molecule has 0 saturated carbocycles. The molecule has 0 radical (unpaired) electrons. The SMILES string of the molecule is CCCCCCCCOC(C)CCCCCC[Si](OCC)(OCC)OCC. The van der Waals surface area contributed by atoms with Crippen LogP contribution in [0, 0.1) is 0 Å². The Morgan fingerprint density at radius 2 is 1.15 bits per heavy atom. The molecule has 5 heteroatoms. The smallest absolute Gasteiger partial charge is 0.379 e. The Labute approximate surface area is 171 Å². The normalized spacial score (nSPS) is 13.2. The molecule has 0 aliphatic carbocycles. The Morgan fingerprint density at radius 1 is 0.630 bits per heavy atom. The van der Waals surface area contributed by atoms with Crippen molar-refractivity contribution in [2.75, 3.05) is 26.4 Å². The van der Waals surface area contributed by atoms with E-state index in [0.717, 1.165) is 19.1 Å². The lowest BCUT2D eigenvalue weighted by Crippen LogP contribution is -2.45. The van der Waals surface area contributed by atoms with Gasteiger partial charge in [-0.05, 0) is 47.0 Å². The number of hydrogen-bond acceptors (Lipinski definition) is 4. The van der Waals surface area contributed by atoms with Crippen LogP contribution in [0.5, 0.6) is 0 Å². The second-order valence-electron chi connectivity index (χ2n) is 7.38. The summed E-state index contributed by atoms with van der Waals surface area (Å²) in [7, 11) is -2.44. The summed E-state index contributed by atoms with van der Waals surface area (Å²) in [6, 6.07) is 0.937. The lowest BCUT2D eigenvalue weighted by molar-refractivity contribution is 0.0555. The predicted octanol–water partition coefficient (Wildman–Crippen LogP) is 6.75. The average molecular weight is 405 g/mol. The summed E-state index contributed by atoms with van der Waals surface area (Å²) in [4.78, 5) is 0. The highest BCUT2D eigenvalue weighted by atomic mass is 28.4. The highest BCUT2D eigenvalue weighted by molar-refractivity contribution is 6.60. The summed E-state index contributed by atoms with van der Waals surface area (Å²) < 4.78 is 23.7. The van der Waals surface area contributed by atoms with E-state index in [1.807, 2.05) is 20.8 Å². The maximum atomic E-state index is 5.95. The topological polar surface area (TPSA) is 36.9 Å². The van der Waals surface area contributed by atoms with Crippen LogP contribution < -0.4 is 0 Å². The van der Waals surface area contributed by atoms with Crippen molar-refractivity contribution in [3.63, 3.8) is 0 Å². The zero-order valence-electron chi connectivity index (χ0n) is 19.0. The van der Waals surface area contributed by atoms with Crippen molar-refractivity contribution < 1.29 is 18.0 Å². The quantitative estimate of drug-likeness (QED) is 0.157. The van der Waals surface area contributed by atoms with Crippen LogP contribution >= 0.6 is 0 Å². The van der Waals surface area contributed by atoms with Gasteiger partial charge >= 0.3 is 8.80 Å². The first-order valence-electron chi connectivity index (χ1n) is 11.7. The molecular weight excluding hydrogens is 356 g/mol. The van der Waals surface area contributed by atoms with E-state index in [0.29, 0.717) is 25.9 Å². The van der Waals surface area contributed by atoms with E-state index in [9.17, 15) is 0 Å². The maximum absolute atomic E-state index is 5.95. The van der Waals surface area contributed by atoms with Gasteiger partial charge in [-0.2, -0.15) is 0 Å². The van der Waals surface area contributed by atoms with Crippen molar-refractivity contribution in [3.05, 3.63) is 0 Å². The van der Waals surface area contributed by atoms with E-state index in [1.54, 1.807) is 0 Å². The molecule has 0 fully saturated rings. The maximum Gasteiger partial charge on any atom is 0.500 e. The van der Waals surface area contributed by atoms with Crippen LogP contribution in [0.2, 0.25) is 6.04 Å². The van der Waals surface area contributed by atoms with Gasteiger partial charge in [-0.15, -0.1) is 0 Å². The summed E-state index contributed by atoms with van der Waals surface area (Å²) in [5.41, 5.74) is 0. The first-order chi connectivity index (χ1) is 13.1. The third-order valence-corrected chi connectivity index (χ3v) is 7.99. The first kappa shape index (κ1) is 27.1. The van der Waals surface area contributed by atoms with Gasteiger partial charge in [-0.1, -0.05) is 58.3 Å². The monoisotopic (exact) mass is 404 g/mol. The lowest BCUT2D eigenvalue weighted by atomic mass is 10.1. The van der Waals surface area contributed by atoms with Crippen LogP contribution in [0.3, 0.4) is 0 Å². The van der Waals surface area contributed by atoms with Gasteiger partial charge in [0.05, 0.1) is 6.10 Å². The van der Waals surface area contributed by atoms with E-state index >= 15 is 0 Å². The molecule has 0 aliphatic heterocycles. The van der Waals surface area contributed by atoms with Crippen molar-refractivity contribution in [1.29, 1.82) is 0 Å². The third kappa shape index (κ3) is 15.6. The molecule has 164 valence electrons. The van der Waals surface area contributed by atoms with E-state index in [4.69, 9.17) is 18.0 Å². The van der Waals surface area contributed by atoms with Gasteiger partial charge < -0.3 is 18.0 Å². The molecule has 0 heterocycles. The van der Waals surface area contributed by atoms with Gasteiger partial charge in [0.15, 0.2) is 0 Å². The highest BCUT2D eigenvalue weighted by Crippen LogP contribution is 2.21. The molecule has 0 bridgehead atoms. The fraction of sp³-hybridized carbons (Fsp3) is 1.00. The zero-order valence-corrected chi connectivity index (χ0v) is 20.0. The van der Waals surface area contributed by atoms with Gasteiger partial charge in [0.2, 0.25) is 0 Å². The van der Waals surface area contributed by atoms with Gasteiger partial charge in [0, 0.05) is 32.5 Å². The largest absolute Gasteiger partial charge is 0.500 e. The summed E-state index contributed by atoms with van der Waals surface area (Å²) in [5.74, 6) is 0. The second-order valence-corrected chi connectivity index (χ2v) is 10.1. The van der Waals surface area contributed by atoms with Crippen molar-refractivity contribution in [2.45, 2.75) is 117 Å². The predicted molar refractivity (Wildman–Crippen MR) is 117 cm³/mol. The van der Waals surface area contributed by atoms with Crippen molar-refractivity contribution >= 4 is 8.80 Å². The van der Waals surface area contributed by atoms with Crippen LogP contribution in [0.1, 0.15) is 105 Å². The average Bonchev–Trinajstić information content (AvgIpc) is 2.64. The summed E-state index contributed by atoms with van der Waals surface area (Å²) in [5, 5.41) is 0. The summed E-state index contributed by atoms with van der Waals surface area (Å²) >= 11 is 0. The minimum Gasteiger partial charge on any atom is -0.379 e. The first-order valence-corrected chi connectivity index (χ1v) is 13.6. The number of ether oxygens (including phenoxy) is 1. The summed E-state index contributed by atoms with van der Waals surface area (Å²) in [6.07, 6.45) is 14.4. The molecule has 0 spiro atoms. The van der Waals surface area contributed by atoms with E-state index in [-0.39, 0.29) is 0 Å². The molecule has 0 aromatic carbocycles. The van der Waals surface area contributed by atoms with Crippen LogP contribution in [0.4, 0.5) is 0 Å². The third-order valence-electron chi connectivity index (χ3n) is 4.84. The van der Waals surface area contributed by atoms with Gasteiger partial charge in [-0.3, -0.25) is 0 Å². The number of rotatable bonds is 21. The molecule has 1 atom stereocenters. The van der Waals surface area contributed by atoms with E-state index in [1.165, 1.54) is 64.2 Å². The van der Waals surface area contributed by atoms with Crippen LogP contribution in [0.25, 0.3) is 0 Å². The fourth-order valence-corrected chi connectivity index (χ4v) is 6.06. The minimum absolute atomic E-state index is 0.393. The molecule has 0 N–H and O–H groups in total. The van der Waals surface area contributed by atoms with E-state index < -0.39 is 8.80 Å². The Morgan fingerprint density at radius 3 is 1.74 bits per heavy atom. The van der Waals surface area contributed by atoms with Crippen molar-refractivity contribution in [1.82, 2.24) is 0 Å².